The van der Waals surface area contributed by atoms with E-state index in [0.717, 1.165) is 6.42 Å². The summed E-state index contributed by atoms with van der Waals surface area (Å²) >= 11 is 1.41. The summed E-state index contributed by atoms with van der Waals surface area (Å²) in [6.45, 7) is 0. The second-order valence-electron chi connectivity index (χ2n) is 2.83. The third kappa shape index (κ3) is 1.46. The number of amides is 1. The molecular formula is C7H9N3OS. The zero-order valence-electron chi connectivity index (χ0n) is 6.36. The molecule has 1 aliphatic carbocycles. The van der Waals surface area contributed by atoms with E-state index in [-0.39, 0.29) is 17.9 Å². The molecule has 2 atom stereocenters. The van der Waals surface area contributed by atoms with Crippen molar-refractivity contribution in [3.05, 3.63) is 11.6 Å². The topological polar surface area (TPSA) is 68.0 Å². The molecule has 4 nitrogen and oxygen atoms in total. The van der Waals surface area contributed by atoms with E-state index in [2.05, 4.69) is 10.3 Å². The molecule has 1 heterocycles. The Bertz CT molecular complexity index is 285. The summed E-state index contributed by atoms with van der Waals surface area (Å²) in [6, 6.07) is 0.0602. The van der Waals surface area contributed by atoms with Gasteiger partial charge in [0.2, 0.25) is 5.91 Å². The van der Waals surface area contributed by atoms with Gasteiger partial charge in [-0.05, 0) is 6.42 Å². The van der Waals surface area contributed by atoms with Gasteiger partial charge < -0.3 is 11.1 Å². The fourth-order valence-electron chi connectivity index (χ4n) is 0.999. The zero-order valence-corrected chi connectivity index (χ0v) is 7.17. The van der Waals surface area contributed by atoms with E-state index in [1.807, 2.05) is 5.38 Å². The number of anilines is 1. The summed E-state index contributed by atoms with van der Waals surface area (Å²) in [4.78, 5) is 15.2. The second kappa shape index (κ2) is 2.84. The molecule has 1 amide bonds. The number of hydrogen-bond acceptors (Lipinski definition) is 4. The second-order valence-corrected chi connectivity index (χ2v) is 3.73. The fourth-order valence-corrected chi connectivity index (χ4v) is 1.53. The molecule has 1 aromatic rings. The van der Waals surface area contributed by atoms with Crippen LogP contribution in [-0.2, 0) is 4.79 Å². The predicted octanol–water partition coefficient (Wildman–Crippen LogP) is 0.429. The van der Waals surface area contributed by atoms with Crippen molar-refractivity contribution in [3.63, 3.8) is 0 Å². The Labute approximate surface area is 73.8 Å². The van der Waals surface area contributed by atoms with Crippen LogP contribution in [0, 0.1) is 5.92 Å². The van der Waals surface area contributed by atoms with Crippen molar-refractivity contribution in [2.75, 3.05) is 5.32 Å². The van der Waals surface area contributed by atoms with E-state index in [4.69, 9.17) is 5.73 Å². The lowest BCUT2D eigenvalue weighted by Crippen LogP contribution is -2.18. The van der Waals surface area contributed by atoms with E-state index in [1.165, 1.54) is 11.3 Å². The van der Waals surface area contributed by atoms with Crippen LogP contribution >= 0.6 is 11.3 Å². The Hall–Kier alpha value is -0.940. The number of hydrogen-bond donors (Lipinski definition) is 2. The van der Waals surface area contributed by atoms with Crippen molar-refractivity contribution >= 4 is 22.4 Å². The van der Waals surface area contributed by atoms with Crippen molar-refractivity contribution < 1.29 is 4.79 Å². The first-order chi connectivity index (χ1) is 5.77. The summed E-state index contributed by atoms with van der Waals surface area (Å²) in [7, 11) is 0. The van der Waals surface area contributed by atoms with Gasteiger partial charge in [-0.25, -0.2) is 4.98 Å². The van der Waals surface area contributed by atoms with E-state index >= 15 is 0 Å². The molecule has 2 rings (SSSR count). The van der Waals surface area contributed by atoms with Gasteiger partial charge in [0.1, 0.15) is 0 Å². The number of thiazole rings is 1. The summed E-state index contributed by atoms with van der Waals surface area (Å²) in [6.07, 6.45) is 2.46. The predicted molar refractivity (Wildman–Crippen MR) is 46.8 cm³/mol. The van der Waals surface area contributed by atoms with Gasteiger partial charge in [0.15, 0.2) is 5.13 Å². The zero-order chi connectivity index (χ0) is 8.55. The number of nitrogens with one attached hydrogen (secondary N) is 1. The highest BCUT2D eigenvalue weighted by molar-refractivity contribution is 7.13. The molecule has 0 bridgehead atoms. The maximum Gasteiger partial charge on any atom is 0.230 e. The Morgan fingerprint density at radius 1 is 1.83 bits per heavy atom. The maximum absolute atomic E-state index is 11.3. The first kappa shape index (κ1) is 7.70. The highest BCUT2D eigenvalue weighted by Gasteiger charge is 2.40. The molecule has 64 valence electrons. The quantitative estimate of drug-likeness (QED) is 0.698. The molecule has 1 saturated carbocycles. The lowest BCUT2D eigenvalue weighted by atomic mass is 10.4. The minimum absolute atomic E-state index is 0.00236. The molecule has 3 N–H and O–H groups in total. The molecule has 2 unspecified atom stereocenters. The highest BCUT2D eigenvalue weighted by Crippen LogP contribution is 2.29. The Morgan fingerprint density at radius 3 is 3.08 bits per heavy atom. The van der Waals surface area contributed by atoms with E-state index < -0.39 is 0 Å². The molecule has 0 spiro atoms. The Kier molecular flexibility index (Phi) is 1.82. The van der Waals surface area contributed by atoms with Gasteiger partial charge in [0.05, 0.1) is 5.92 Å². The van der Waals surface area contributed by atoms with Crippen LogP contribution in [-0.4, -0.2) is 16.9 Å². The summed E-state index contributed by atoms with van der Waals surface area (Å²) in [5.74, 6) is 0.00588. The minimum Gasteiger partial charge on any atom is -0.327 e. The third-order valence-electron chi connectivity index (χ3n) is 1.84. The SMILES string of the molecule is NC1CC1C(=O)Nc1nccs1. The molecule has 5 heteroatoms. The van der Waals surface area contributed by atoms with Gasteiger partial charge >= 0.3 is 0 Å². The first-order valence-electron chi connectivity index (χ1n) is 3.73. The third-order valence-corrected chi connectivity index (χ3v) is 2.53. The fraction of sp³-hybridized carbons (Fsp3) is 0.429. The molecule has 12 heavy (non-hydrogen) atoms. The van der Waals surface area contributed by atoms with Crippen molar-refractivity contribution in [2.24, 2.45) is 11.7 Å². The van der Waals surface area contributed by atoms with Gasteiger partial charge in [0, 0.05) is 17.6 Å². The Morgan fingerprint density at radius 2 is 2.58 bits per heavy atom. The lowest BCUT2D eigenvalue weighted by Gasteiger charge is -1.97. The molecular weight excluding hydrogens is 174 g/mol. The molecule has 0 saturated heterocycles. The molecule has 0 aliphatic heterocycles. The van der Waals surface area contributed by atoms with Crippen molar-refractivity contribution in [2.45, 2.75) is 12.5 Å². The largest absolute Gasteiger partial charge is 0.327 e. The van der Waals surface area contributed by atoms with Crippen molar-refractivity contribution in [3.8, 4) is 0 Å². The number of carbonyl (C=O) groups excluding carboxylic acids is 1. The van der Waals surface area contributed by atoms with Gasteiger partial charge in [-0.3, -0.25) is 4.79 Å². The van der Waals surface area contributed by atoms with Crippen LogP contribution in [0.1, 0.15) is 6.42 Å². The first-order valence-corrected chi connectivity index (χ1v) is 4.61. The van der Waals surface area contributed by atoms with Crippen LogP contribution in [0.25, 0.3) is 0 Å². The van der Waals surface area contributed by atoms with E-state index in [9.17, 15) is 4.79 Å². The number of carbonyl (C=O) groups is 1. The van der Waals surface area contributed by atoms with Crippen LogP contribution in [0.5, 0.6) is 0 Å². The van der Waals surface area contributed by atoms with Crippen LogP contribution in [0.2, 0.25) is 0 Å². The number of rotatable bonds is 2. The molecule has 0 radical (unpaired) electrons. The van der Waals surface area contributed by atoms with Gasteiger partial charge in [-0.15, -0.1) is 11.3 Å². The number of nitrogens with two attached hydrogens (primary N) is 1. The van der Waals surface area contributed by atoms with Gasteiger partial charge in [0.25, 0.3) is 0 Å². The molecule has 1 aliphatic rings. The molecule has 1 aromatic heterocycles. The number of nitrogens with zero attached hydrogens (tertiary/aromatic N) is 1. The highest BCUT2D eigenvalue weighted by atomic mass is 32.1. The summed E-state index contributed by atoms with van der Waals surface area (Å²) < 4.78 is 0. The molecule has 0 aromatic carbocycles. The van der Waals surface area contributed by atoms with Gasteiger partial charge in [-0.1, -0.05) is 0 Å². The lowest BCUT2D eigenvalue weighted by molar-refractivity contribution is -0.117. The average molecular weight is 183 g/mol. The van der Waals surface area contributed by atoms with E-state index in [0.29, 0.717) is 5.13 Å². The van der Waals surface area contributed by atoms with Crippen LogP contribution in [0.3, 0.4) is 0 Å². The summed E-state index contributed by atoms with van der Waals surface area (Å²) in [5.41, 5.74) is 5.52. The average Bonchev–Trinajstić information content (AvgIpc) is 2.58. The normalized spacial score (nSPS) is 26.8. The monoisotopic (exact) mass is 183 g/mol. The Balaban J connectivity index is 1.92. The van der Waals surface area contributed by atoms with Gasteiger partial charge in [-0.2, -0.15) is 0 Å². The van der Waals surface area contributed by atoms with Crippen molar-refractivity contribution in [1.29, 1.82) is 0 Å². The van der Waals surface area contributed by atoms with Crippen LogP contribution in [0.15, 0.2) is 11.6 Å². The van der Waals surface area contributed by atoms with Crippen LogP contribution in [0.4, 0.5) is 5.13 Å². The van der Waals surface area contributed by atoms with E-state index in [1.54, 1.807) is 6.20 Å². The minimum atomic E-state index is -0.00236. The number of aromatic nitrogens is 1. The van der Waals surface area contributed by atoms with Crippen molar-refractivity contribution in [1.82, 2.24) is 4.98 Å². The standard InChI is InChI=1S/C7H9N3OS/c8-5-3-4(5)6(11)10-7-9-1-2-12-7/h1-2,4-5H,3,8H2,(H,9,10,11). The van der Waals surface area contributed by atoms with Crippen LogP contribution < -0.4 is 11.1 Å². The molecule has 1 fully saturated rings. The smallest absolute Gasteiger partial charge is 0.230 e. The maximum atomic E-state index is 11.3. The summed E-state index contributed by atoms with van der Waals surface area (Å²) in [5, 5.41) is 5.18.